The first kappa shape index (κ1) is 6.47. The third kappa shape index (κ3) is 1.02. The van der Waals surface area contributed by atoms with Gasteiger partial charge in [0.05, 0.1) is 6.20 Å². The van der Waals surface area contributed by atoms with Crippen LogP contribution in [0.3, 0.4) is 0 Å². The van der Waals surface area contributed by atoms with Gasteiger partial charge in [-0.15, -0.1) is 0 Å². The zero-order valence-corrected chi connectivity index (χ0v) is 4.90. The van der Waals surface area contributed by atoms with Crippen molar-refractivity contribution in [3.8, 4) is 0 Å². The maximum atomic E-state index is 10.6. The first-order valence-corrected chi connectivity index (χ1v) is 2.45. The van der Waals surface area contributed by atoms with Gasteiger partial charge in [0, 0.05) is 0 Å². The Bertz CT molecular complexity index is 252. The number of aromatic nitrogens is 1. The Morgan fingerprint density at radius 2 is 2.30 bits per heavy atom. The van der Waals surface area contributed by atoms with E-state index in [-0.39, 0.29) is 5.89 Å². The predicted octanol–water partition coefficient (Wildman–Crippen LogP) is -0.657. The largest absolute Gasteiger partial charge is 0.442 e. The summed E-state index contributed by atoms with van der Waals surface area (Å²) in [6.45, 7) is 0. The minimum Gasteiger partial charge on any atom is -0.442 e. The molecule has 0 unspecified atom stereocenters. The van der Waals surface area contributed by atoms with Crippen LogP contribution in [0.2, 0.25) is 0 Å². The summed E-state index contributed by atoms with van der Waals surface area (Å²) in [5.74, 6) is -2.25. The van der Waals surface area contributed by atoms with Gasteiger partial charge < -0.3 is 10.2 Å². The Labute approximate surface area is 55.8 Å². The smallest absolute Gasteiger partial charge is 0.304 e. The Balaban J connectivity index is 2.88. The molecular weight excluding hydrogens is 136 g/mol. The van der Waals surface area contributed by atoms with E-state index in [0.29, 0.717) is 0 Å². The monoisotopic (exact) mass is 140 g/mol. The molecule has 0 atom stereocenters. The Kier molecular flexibility index (Phi) is 1.49. The van der Waals surface area contributed by atoms with Gasteiger partial charge in [-0.3, -0.25) is 9.59 Å². The van der Waals surface area contributed by atoms with E-state index in [1.807, 2.05) is 0 Å². The number of nitrogens with two attached hydrogens (primary N) is 1. The van der Waals surface area contributed by atoms with Crippen LogP contribution in [-0.2, 0) is 4.79 Å². The van der Waals surface area contributed by atoms with E-state index in [4.69, 9.17) is 0 Å². The summed E-state index contributed by atoms with van der Waals surface area (Å²) < 4.78 is 4.50. The van der Waals surface area contributed by atoms with Crippen LogP contribution in [0.15, 0.2) is 16.9 Å². The van der Waals surface area contributed by atoms with Crippen molar-refractivity contribution in [1.29, 1.82) is 0 Å². The third-order valence-electron chi connectivity index (χ3n) is 0.850. The highest BCUT2D eigenvalue weighted by Crippen LogP contribution is 1.94. The van der Waals surface area contributed by atoms with Crippen molar-refractivity contribution in [3.63, 3.8) is 0 Å². The summed E-state index contributed by atoms with van der Waals surface area (Å²) in [6.07, 6.45) is 2.45. The molecule has 0 bridgehead atoms. The number of hydrogen-bond acceptors (Lipinski definition) is 4. The molecule has 0 radical (unpaired) electrons. The van der Waals surface area contributed by atoms with E-state index in [1.54, 1.807) is 0 Å². The van der Waals surface area contributed by atoms with Gasteiger partial charge in [0.25, 0.3) is 11.8 Å². The lowest BCUT2D eigenvalue weighted by molar-refractivity contribution is -0.114. The first-order valence-electron chi connectivity index (χ1n) is 2.45. The zero-order valence-electron chi connectivity index (χ0n) is 4.90. The van der Waals surface area contributed by atoms with Crippen molar-refractivity contribution < 1.29 is 14.0 Å². The summed E-state index contributed by atoms with van der Waals surface area (Å²) in [5, 5.41) is 0. The molecule has 0 saturated carbocycles. The number of Topliss-reactive ketones (excluding diaryl/α,β-unsaturated/α-hetero) is 1. The second kappa shape index (κ2) is 2.30. The Hall–Kier alpha value is -1.65. The van der Waals surface area contributed by atoms with Gasteiger partial charge >= 0.3 is 5.78 Å². The number of ketones is 1. The number of carbonyl (C=O) groups is 2. The highest BCUT2D eigenvalue weighted by Gasteiger charge is 2.15. The van der Waals surface area contributed by atoms with Gasteiger partial charge in [0.15, 0.2) is 0 Å². The van der Waals surface area contributed by atoms with Crippen molar-refractivity contribution in [1.82, 2.24) is 4.98 Å². The van der Waals surface area contributed by atoms with E-state index < -0.39 is 11.7 Å². The lowest BCUT2D eigenvalue weighted by Gasteiger charge is -1.84. The fraction of sp³-hybridized carbons (Fsp3) is 0. The van der Waals surface area contributed by atoms with Crippen molar-refractivity contribution in [2.24, 2.45) is 5.73 Å². The molecule has 10 heavy (non-hydrogen) atoms. The lowest BCUT2D eigenvalue weighted by Crippen LogP contribution is -2.23. The molecule has 1 amide bonds. The molecule has 0 fully saturated rings. The second-order valence-corrected chi connectivity index (χ2v) is 1.53. The van der Waals surface area contributed by atoms with Crippen molar-refractivity contribution >= 4 is 11.7 Å². The summed E-state index contributed by atoms with van der Waals surface area (Å²) in [6, 6.07) is 0. The van der Waals surface area contributed by atoms with Gasteiger partial charge in [0.1, 0.15) is 6.26 Å². The van der Waals surface area contributed by atoms with Gasteiger partial charge in [0.2, 0.25) is 0 Å². The quantitative estimate of drug-likeness (QED) is 0.436. The normalized spacial score (nSPS) is 9.20. The third-order valence-corrected chi connectivity index (χ3v) is 0.850. The maximum absolute atomic E-state index is 10.6. The zero-order chi connectivity index (χ0) is 7.56. The minimum atomic E-state index is -1.07. The number of carbonyl (C=O) groups excluding carboxylic acids is 2. The van der Waals surface area contributed by atoms with Crippen molar-refractivity contribution in [2.45, 2.75) is 0 Å². The van der Waals surface area contributed by atoms with Gasteiger partial charge in [-0.05, 0) is 0 Å². The van der Waals surface area contributed by atoms with Crippen LogP contribution in [0.1, 0.15) is 10.7 Å². The predicted molar refractivity (Wildman–Crippen MR) is 30.0 cm³/mol. The minimum absolute atomic E-state index is 0.271. The summed E-state index contributed by atoms with van der Waals surface area (Å²) in [7, 11) is 0. The van der Waals surface area contributed by atoms with Crippen molar-refractivity contribution in [2.75, 3.05) is 0 Å². The molecule has 0 spiro atoms. The van der Waals surface area contributed by atoms with Gasteiger partial charge in [-0.1, -0.05) is 0 Å². The summed E-state index contributed by atoms with van der Waals surface area (Å²) in [4.78, 5) is 24.2. The highest BCUT2D eigenvalue weighted by atomic mass is 16.3. The number of rotatable bonds is 2. The van der Waals surface area contributed by atoms with Gasteiger partial charge in [-0.2, -0.15) is 0 Å². The van der Waals surface area contributed by atoms with Crippen molar-refractivity contribution in [3.05, 3.63) is 18.4 Å². The lowest BCUT2D eigenvalue weighted by atomic mass is 10.4. The number of oxazole rings is 1. The van der Waals surface area contributed by atoms with Crippen LogP contribution in [0.4, 0.5) is 0 Å². The number of hydrogen-bond donors (Lipinski definition) is 1. The summed E-state index contributed by atoms with van der Waals surface area (Å²) >= 11 is 0. The fourth-order valence-electron chi connectivity index (χ4n) is 0.441. The molecule has 2 N–H and O–H groups in total. The SMILES string of the molecule is NC(=O)C(=O)c1ncco1. The van der Waals surface area contributed by atoms with Crippen LogP contribution in [0.5, 0.6) is 0 Å². The molecule has 5 nitrogen and oxygen atoms in total. The van der Waals surface area contributed by atoms with E-state index in [1.165, 1.54) is 12.5 Å². The molecular formula is C5H4N2O3. The molecule has 0 saturated heterocycles. The molecule has 52 valence electrons. The topological polar surface area (TPSA) is 86.2 Å². The van der Waals surface area contributed by atoms with Crippen LogP contribution >= 0.6 is 0 Å². The van der Waals surface area contributed by atoms with Gasteiger partial charge in [-0.25, -0.2) is 4.98 Å². The maximum Gasteiger partial charge on any atom is 0.304 e. The highest BCUT2D eigenvalue weighted by molar-refractivity contribution is 6.40. The molecule has 0 aliphatic heterocycles. The first-order chi connectivity index (χ1) is 4.72. The van der Waals surface area contributed by atoms with E-state index in [2.05, 4.69) is 15.1 Å². The molecule has 0 aliphatic carbocycles. The molecule has 1 aromatic heterocycles. The Morgan fingerprint density at radius 1 is 1.60 bits per heavy atom. The van der Waals surface area contributed by atoms with Crippen LogP contribution < -0.4 is 5.73 Å². The number of primary amides is 1. The molecule has 5 heteroatoms. The second-order valence-electron chi connectivity index (χ2n) is 1.53. The molecule has 0 aromatic carbocycles. The number of nitrogens with zero attached hydrogens (tertiary/aromatic N) is 1. The standard InChI is InChI=1S/C5H4N2O3/c6-4(9)3(8)5-7-1-2-10-5/h1-2H,(H2,6,9). The molecule has 1 heterocycles. The van der Waals surface area contributed by atoms with E-state index in [9.17, 15) is 9.59 Å². The van der Waals surface area contributed by atoms with E-state index in [0.717, 1.165) is 0 Å². The van der Waals surface area contributed by atoms with E-state index >= 15 is 0 Å². The van der Waals surface area contributed by atoms with Crippen LogP contribution in [0.25, 0.3) is 0 Å². The molecule has 1 rings (SSSR count). The van der Waals surface area contributed by atoms with Crippen LogP contribution in [-0.4, -0.2) is 16.7 Å². The Morgan fingerprint density at radius 3 is 2.70 bits per heavy atom. The fourth-order valence-corrected chi connectivity index (χ4v) is 0.441. The van der Waals surface area contributed by atoms with Crippen LogP contribution in [0, 0.1) is 0 Å². The molecule has 1 aromatic rings. The summed E-state index contributed by atoms with van der Waals surface area (Å²) in [5.41, 5.74) is 4.64. The average molecular weight is 140 g/mol. The number of amides is 1. The average Bonchev–Trinajstić information content (AvgIpc) is 2.36. The molecule has 0 aliphatic rings.